The number of hydrogen-bond acceptors (Lipinski definition) is 7. The first-order valence-electron chi connectivity index (χ1n) is 15.4. The number of esters is 1. The molecule has 0 saturated carbocycles. The van der Waals surface area contributed by atoms with Crippen LogP contribution in [-0.2, 0) is 15.1 Å². The predicted molar refractivity (Wildman–Crippen MR) is 165 cm³/mol. The normalized spacial score (nSPS) is 16.0. The van der Waals surface area contributed by atoms with Crippen LogP contribution in [0, 0.1) is 0 Å². The molecule has 1 aliphatic rings. The van der Waals surface area contributed by atoms with Gasteiger partial charge in [-0.25, -0.2) is 0 Å². The zero-order valence-corrected chi connectivity index (χ0v) is 25.7. The van der Waals surface area contributed by atoms with E-state index >= 15 is 0 Å². The first-order valence-corrected chi connectivity index (χ1v) is 15.4. The highest BCUT2D eigenvalue weighted by Crippen LogP contribution is 2.45. The molecule has 0 spiro atoms. The van der Waals surface area contributed by atoms with E-state index in [1.165, 1.54) is 0 Å². The third-order valence-corrected chi connectivity index (χ3v) is 7.88. The lowest BCUT2D eigenvalue weighted by Crippen LogP contribution is -2.46. The topological polar surface area (TPSA) is 63.3 Å². The molecule has 0 unspecified atom stereocenters. The Bertz CT molecular complexity index is 1000. The largest absolute Gasteiger partial charge is 0.493 e. The van der Waals surface area contributed by atoms with Gasteiger partial charge in [0.1, 0.15) is 11.5 Å². The summed E-state index contributed by atoms with van der Waals surface area (Å²) in [5.74, 6) is 1.33. The molecule has 40 heavy (non-hydrogen) atoms. The third-order valence-electron chi connectivity index (χ3n) is 7.88. The molecular weight excluding hydrogens is 502 g/mol. The van der Waals surface area contributed by atoms with Crippen molar-refractivity contribution in [2.45, 2.75) is 79.2 Å². The van der Waals surface area contributed by atoms with E-state index in [-0.39, 0.29) is 12.4 Å². The molecule has 0 aliphatic carbocycles. The molecule has 7 heteroatoms. The van der Waals surface area contributed by atoms with Crippen molar-refractivity contribution in [2.24, 2.45) is 0 Å². The molecule has 0 radical (unpaired) electrons. The average molecular weight is 554 g/mol. The van der Waals surface area contributed by atoms with Crippen LogP contribution in [0.2, 0.25) is 0 Å². The molecule has 0 amide bonds. The predicted octanol–water partition coefficient (Wildman–Crippen LogP) is 6.52. The van der Waals surface area contributed by atoms with Crippen molar-refractivity contribution in [3.8, 4) is 11.5 Å². The van der Waals surface area contributed by atoms with Gasteiger partial charge in [-0.2, -0.15) is 0 Å². The number of carbonyl (C=O) groups excluding carboxylic acids is 1. The zero-order valence-electron chi connectivity index (χ0n) is 25.7. The standard InChI is InChI=1S/C33H51N3O4/c1-7-35(8-2)26-17-19-28(30(23-26)38-11-5)33(25-32(37)40-22-16-14-13-15-21-34-33)29-20-18-27(36(9-3)10-4)24-31(29)39-12-6/h17-20,23-24,34H,7-16,21-22,25H2,1-6H3. The maximum absolute atomic E-state index is 13.5. The van der Waals surface area contributed by atoms with Gasteiger partial charge in [0, 0.05) is 60.8 Å². The van der Waals surface area contributed by atoms with Gasteiger partial charge in [0.15, 0.2) is 0 Å². The van der Waals surface area contributed by atoms with E-state index < -0.39 is 5.54 Å². The van der Waals surface area contributed by atoms with Crippen LogP contribution in [0.15, 0.2) is 36.4 Å². The minimum absolute atomic E-state index is 0.141. The van der Waals surface area contributed by atoms with Gasteiger partial charge in [-0.3, -0.25) is 4.79 Å². The van der Waals surface area contributed by atoms with Crippen LogP contribution in [0.4, 0.5) is 11.4 Å². The number of carbonyl (C=O) groups is 1. The van der Waals surface area contributed by atoms with Crippen molar-refractivity contribution in [3.05, 3.63) is 47.5 Å². The van der Waals surface area contributed by atoms with Crippen LogP contribution in [0.5, 0.6) is 11.5 Å². The first-order chi connectivity index (χ1) is 19.5. The number of benzene rings is 2. The molecule has 1 fully saturated rings. The fourth-order valence-corrected chi connectivity index (χ4v) is 5.77. The smallest absolute Gasteiger partial charge is 0.308 e. The highest BCUT2D eigenvalue weighted by molar-refractivity contribution is 5.75. The molecule has 1 heterocycles. The molecule has 1 saturated heterocycles. The van der Waals surface area contributed by atoms with Gasteiger partial charge in [-0.1, -0.05) is 25.0 Å². The van der Waals surface area contributed by atoms with Gasteiger partial charge >= 0.3 is 5.97 Å². The van der Waals surface area contributed by atoms with Gasteiger partial charge in [-0.15, -0.1) is 0 Å². The number of rotatable bonds is 12. The molecule has 0 bridgehead atoms. The van der Waals surface area contributed by atoms with Crippen LogP contribution < -0.4 is 24.6 Å². The lowest BCUT2D eigenvalue weighted by atomic mass is 9.78. The molecule has 1 aliphatic heterocycles. The monoisotopic (exact) mass is 553 g/mol. The Hall–Kier alpha value is -2.93. The summed E-state index contributed by atoms with van der Waals surface area (Å²) in [6, 6.07) is 12.8. The Morgan fingerprint density at radius 3 is 1.73 bits per heavy atom. The van der Waals surface area contributed by atoms with Crippen LogP contribution in [0.1, 0.15) is 84.8 Å². The van der Waals surface area contributed by atoms with Crippen LogP contribution >= 0.6 is 0 Å². The van der Waals surface area contributed by atoms with Crippen LogP contribution in [0.3, 0.4) is 0 Å². The summed E-state index contributed by atoms with van der Waals surface area (Å²) in [7, 11) is 0. The Balaban J connectivity index is 2.31. The number of ether oxygens (including phenoxy) is 3. The van der Waals surface area contributed by atoms with E-state index in [2.05, 4.69) is 79.2 Å². The summed E-state index contributed by atoms with van der Waals surface area (Å²) < 4.78 is 18.5. The van der Waals surface area contributed by atoms with Crippen molar-refractivity contribution in [1.29, 1.82) is 0 Å². The van der Waals surface area contributed by atoms with Crippen LogP contribution in [-0.4, -0.2) is 58.5 Å². The lowest BCUT2D eigenvalue weighted by molar-refractivity contribution is -0.145. The highest BCUT2D eigenvalue weighted by atomic mass is 16.5. The quantitative estimate of drug-likeness (QED) is 0.300. The average Bonchev–Trinajstić information content (AvgIpc) is 3.00. The summed E-state index contributed by atoms with van der Waals surface area (Å²) in [5, 5.41) is 3.86. The minimum Gasteiger partial charge on any atom is -0.493 e. The summed E-state index contributed by atoms with van der Waals surface area (Å²) in [5.41, 5.74) is 3.18. The second kappa shape index (κ2) is 15.8. The number of nitrogens with zero attached hydrogens (tertiary/aromatic N) is 2. The molecule has 1 N–H and O–H groups in total. The molecule has 3 rings (SSSR count). The molecule has 0 aromatic heterocycles. The Morgan fingerprint density at radius 1 is 0.750 bits per heavy atom. The Labute approximate surface area is 242 Å². The molecule has 2 aromatic rings. The summed E-state index contributed by atoms with van der Waals surface area (Å²) in [6.45, 7) is 18.5. The number of cyclic esters (lactones) is 1. The fraction of sp³-hybridized carbons (Fsp3) is 0.606. The van der Waals surface area contributed by atoms with Crippen LogP contribution in [0.25, 0.3) is 0 Å². The fourth-order valence-electron chi connectivity index (χ4n) is 5.77. The first kappa shape index (κ1) is 31.6. The maximum Gasteiger partial charge on any atom is 0.308 e. The van der Waals surface area contributed by atoms with Crippen molar-refractivity contribution in [2.75, 3.05) is 62.3 Å². The SMILES string of the molecule is CCOc1cc(N(CC)CC)ccc1C1(c2ccc(N(CC)CC)cc2OCC)CC(=O)OCCCCCCN1. The van der Waals surface area contributed by atoms with Crippen molar-refractivity contribution in [3.63, 3.8) is 0 Å². The zero-order chi connectivity index (χ0) is 29.0. The van der Waals surface area contributed by atoms with Crippen molar-refractivity contribution in [1.82, 2.24) is 5.32 Å². The van der Waals surface area contributed by atoms with E-state index in [1.54, 1.807) is 0 Å². The number of hydrogen-bond donors (Lipinski definition) is 1. The van der Waals surface area contributed by atoms with Crippen molar-refractivity contribution < 1.29 is 19.0 Å². The summed E-state index contributed by atoms with van der Waals surface area (Å²) in [6.07, 6.45) is 4.18. The Kier molecular flexibility index (Phi) is 12.4. The minimum atomic E-state index is -0.889. The second-order valence-corrected chi connectivity index (χ2v) is 10.2. The Morgan fingerprint density at radius 2 is 1.25 bits per heavy atom. The van der Waals surface area contributed by atoms with E-state index in [9.17, 15) is 4.79 Å². The van der Waals surface area contributed by atoms with Gasteiger partial charge in [0.2, 0.25) is 0 Å². The highest BCUT2D eigenvalue weighted by Gasteiger charge is 2.42. The summed E-state index contributed by atoms with van der Waals surface area (Å²) in [4.78, 5) is 18.1. The molecular formula is C33H51N3O4. The summed E-state index contributed by atoms with van der Waals surface area (Å²) >= 11 is 0. The number of anilines is 2. The molecule has 0 atom stereocenters. The molecule has 2 aromatic carbocycles. The van der Waals surface area contributed by atoms with Gasteiger partial charge in [0.05, 0.1) is 31.8 Å². The lowest BCUT2D eigenvalue weighted by Gasteiger charge is -2.38. The van der Waals surface area contributed by atoms with E-state index in [4.69, 9.17) is 14.2 Å². The van der Waals surface area contributed by atoms with E-state index in [0.717, 1.165) is 92.4 Å². The van der Waals surface area contributed by atoms with Gasteiger partial charge in [-0.05, 0) is 73.1 Å². The molecule has 7 nitrogen and oxygen atoms in total. The van der Waals surface area contributed by atoms with E-state index in [1.807, 2.05) is 13.8 Å². The van der Waals surface area contributed by atoms with Gasteiger partial charge in [0.25, 0.3) is 0 Å². The van der Waals surface area contributed by atoms with Crippen molar-refractivity contribution >= 4 is 17.3 Å². The maximum atomic E-state index is 13.5. The molecule has 222 valence electrons. The van der Waals surface area contributed by atoms with Gasteiger partial charge < -0.3 is 29.3 Å². The second-order valence-electron chi connectivity index (χ2n) is 10.2. The van der Waals surface area contributed by atoms with E-state index in [0.29, 0.717) is 19.8 Å². The third kappa shape index (κ3) is 7.42. The number of nitrogens with one attached hydrogen (secondary N) is 1.